The van der Waals surface area contributed by atoms with Crippen LogP contribution in [0.15, 0.2) is 30.3 Å². The molecule has 1 saturated heterocycles. The van der Waals surface area contributed by atoms with Crippen LogP contribution in [0.1, 0.15) is 18.4 Å². The molecule has 2 amide bonds. The molecule has 1 aromatic rings. The summed E-state index contributed by atoms with van der Waals surface area (Å²) in [6.45, 7) is 0.558. The normalized spacial score (nSPS) is 20.6. The standard InChI is InChI=1S/C15H21N3O2/c1-18-10-12(7-8-14(18)19)17-15(20)13(16)9-11-5-3-2-4-6-11/h2-6,12-13H,7-10,16H2,1H3,(H,17,20)/t12?,13-/m1/s1. The van der Waals surface area contributed by atoms with Gasteiger partial charge in [0.1, 0.15) is 0 Å². The van der Waals surface area contributed by atoms with E-state index in [1.54, 1.807) is 11.9 Å². The quantitative estimate of drug-likeness (QED) is 0.829. The summed E-state index contributed by atoms with van der Waals surface area (Å²) in [5, 5.41) is 2.93. The van der Waals surface area contributed by atoms with Gasteiger partial charge in [0.15, 0.2) is 0 Å². The molecule has 1 aliphatic rings. The van der Waals surface area contributed by atoms with Crippen LogP contribution in [-0.2, 0) is 16.0 Å². The Morgan fingerprint density at radius 1 is 1.45 bits per heavy atom. The van der Waals surface area contributed by atoms with Gasteiger partial charge in [-0.25, -0.2) is 0 Å². The lowest BCUT2D eigenvalue weighted by Crippen LogP contribution is -2.52. The van der Waals surface area contributed by atoms with Crippen LogP contribution in [0, 0.1) is 0 Å². The van der Waals surface area contributed by atoms with Gasteiger partial charge >= 0.3 is 0 Å². The van der Waals surface area contributed by atoms with Crippen molar-refractivity contribution in [1.29, 1.82) is 0 Å². The molecule has 1 unspecified atom stereocenters. The Morgan fingerprint density at radius 3 is 2.80 bits per heavy atom. The maximum Gasteiger partial charge on any atom is 0.237 e. The first-order valence-electron chi connectivity index (χ1n) is 6.90. The highest BCUT2D eigenvalue weighted by molar-refractivity contribution is 5.83. The molecule has 0 bridgehead atoms. The van der Waals surface area contributed by atoms with Crippen LogP contribution >= 0.6 is 0 Å². The zero-order valence-corrected chi connectivity index (χ0v) is 11.7. The lowest BCUT2D eigenvalue weighted by molar-refractivity contribution is -0.134. The van der Waals surface area contributed by atoms with E-state index in [1.165, 1.54) is 0 Å². The Balaban J connectivity index is 1.84. The Labute approximate surface area is 119 Å². The van der Waals surface area contributed by atoms with Crippen molar-refractivity contribution in [2.45, 2.75) is 31.3 Å². The molecule has 0 radical (unpaired) electrons. The summed E-state index contributed by atoms with van der Waals surface area (Å²) in [5.74, 6) is -0.0225. The molecule has 3 N–H and O–H groups in total. The zero-order valence-electron chi connectivity index (χ0n) is 11.7. The van der Waals surface area contributed by atoms with Gasteiger partial charge in [-0.2, -0.15) is 0 Å². The van der Waals surface area contributed by atoms with E-state index in [9.17, 15) is 9.59 Å². The van der Waals surface area contributed by atoms with Crippen molar-refractivity contribution in [1.82, 2.24) is 10.2 Å². The van der Waals surface area contributed by atoms with Gasteiger partial charge in [0.25, 0.3) is 0 Å². The molecule has 2 atom stereocenters. The first-order chi connectivity index (χ1) is 9.56. The van der Waals surface area contributed by atoms with Crippen molar-refractivity contribution in [3.63, 3.8) is 0 Å². The maximum atomic E-state index is 12.1. The number of rotatable bonds is 4. The maximum absolute atomic E-state index is 12.1. The number of benzene rings is 1. The first kappa shape index (κ1) is 14.5. The monoisotopic (exact) mass is 275 g/mol. The number of carbonyl (C=O) groups is 2. The predicted molar refractivity (Wildman–Crippen MR) is 76.9 cm³/mol. The topological polar surface area (TPSA) is 75.4 Å². The number of hydrogen-bond donors (Lipinski definition) is 2. The summed E-state index contributed by atoms with van der Waals surface area (Å²) in [6.07, 6.45) is 1.69. The molecule has 0 spiro atoms. The minimum atomic E-state index is -0.555. The number of hydrogen-bond acceptors (Lipinski definition) is 3. The number of nitrogens with one attached hydrogen (secondary N) is 1. The van der Waals surface area contributed by atoms with Crippen molar-refractivity contribution < 1.29 is 9.59 Å². The average molecular weight is 275 g/mol. The van der Waals surface area contributed by atoms with Gasteiger partial charge < -0.3 is 16.0 Å². The van der Waals surface area contributed by atoms with Crippen LogP contribution < -0.4 is 11.1 Å². The Bertz CT molecular complexity index is 475. The molecule has 1 fully saturated rings. The molecule has 0 saturated carbocycles. The molecule has 2 rings (SSSR count). The highest BCUT2D eigenvalue weighted by Crippen LogP contribution is 2.10. The second kappa shape index (κ2) is 6.52. The fourth-order valence-corrected chi connectivity index (χ4v) is 2.40. The third-order valence-corrected chi connectivity index (χ3v) is 3.61. The number of nitrogens with zero attached hydrogens (tertiary/aromatic N) is 1. The molecule has 0 aliphatic carbocycles. The van der Waals surface area contributed by atoms with Gasteiger partial charge in [0.05, 0.1) is 6.04 Å². The summed E-state index contributed by atoms with van der Waals surface area (Å²) in [5.41, 5.74) is 6.98. The van der Waals surface area contributed by atoms with Crippen molar-refractivity contribution in [3.8, 4) is 0 Å². The second-order valence-corrected chi connectivity index (χ2v) is 5.31. The molecule has 108 valence electrons. The zero-order chi connectivity index (χ0) is 14.5. The average Bonchev–Trinajstić information content (AvgIpc) is 2.44. The lowest BCUT2D eigenvalue weighted by Gasteiger charge is -2.30. The second-order valence-electron chi connectivity index (χ2n) is 5.31. The number of carbonyl (C=O) groups excluding carboxylic acids is 2. The number of nitrogens with two attached hydrogens (primary N) is 1. The minimum Gasteiger partial charge on any atom is -0.350 e. The van der Waals surface area contributed by atoms with E-state index >= 15 is 0 Å². The summed E-state index contributed by atoms with van der Waals surface area (Å²) in [4.78, 5) is 25.1. The summed E-state index contributed by atoms with van der Waals surface area (Å²) in [6, 6.07) is 9.17. The Kier molecular flexibility index (Phi) is 4.74. The lowest BCUT2D eigenvalue weighted by atomic mass is 10.0. The van der Waals surface area contributed by atoms with Gasteiger partial charge in [-0.05, 0) is 18.4 Å². The van der Waals surface area contributed by atoms with Crippen LogP contribution in [0.5, 0.6) is 0 Å². The predicted octanol–water partition coefficient (Wildman–Crippen LogP) is 0.293. The van der Waals surface area contributed by atoms with Gasteiger partial charge in [-0.3, -0.25) is 9.59 Å². The van der Waals surface area contributed by atoms with Crippen LogP contribution in [0.25, 0.3) is 0 Å². The van der Waals surface area contributed by atoms with E-state index in [0.717, 1.165) is 5.56 Å². The first-order valence-corrected chi connectivity index (χ1v) is 6.90. The third-order valence-electron chi connectivity index (χ3n) is 3.61. The molecule has 5 heteroatoms. The van der Waals surface area contributed by atoms with Gasteiger partial charge in [0, 0.05) is 26.1 Å². The highest BCUT2D eigenvalue weighted by atomic mass is 16.2. The third kappa shape index (κ3) is 3.81. The molecule has 1 aromatic carbocycles. The highest BCUT2D eigenvalue weighted by Gasteiger charge is 2.25. The molecule has 1 aliphatic heterocycles. The fraction of sp³-hybridized carbons (Fsp3) is 0.467. The molecule has 20 heavy (non-hydrogen) atoms. The fourth-order valence-electron chi connectivity index (χ4n) is 2.40. The van der Waals surface area contributed by atoms with E-state index in [-0.39, 0.29) is 17.9 Å². The Morgan fingerprint density at radius 2 is 2.15 bits per heavy atom. The largest absolute Gasteiger partial charge is 0.350 e. The van der Waals surface area contributed by atoms with E-state index in [1.807, 2.05) is 30.3 Å². The van der Waals surface area contributed by atoms with Gasteiger partial charge in [-0.15, -0.1) is 0 Å². The van der Waals surface area contributed by atoms with Crippen molar-refractivity contribution in [2.75, 3.05) is 13.6 Å². The minimum absolute atomic E-state index is 0.00650. The molecular weight excluding hydrogens is 254 g/mol. The molecular formula is C15H21N3O2. The van der Waals surface area contributed by atoms with Gasteiger partial charge in [-0.1, -0.05) is 30.3 Å². The van der Waals surface area contributed by atoms with E-state index in [0.29, 0.717) is 25.8 Å². The van der Waals surface area contributed by atoms with E-state index in [2.05, 4.69) is 5.32 Å². The molecule has 0 aromatic heterocycles. The SMILES string of the molecule is CN1CC(NC(=O)[C@H](N)Cc2ccccc2)CCC1=O. The Hall–Kier alpha value is -1.88. The molecule has 5 nitrogen and oxygen atoms in total. The number of likely N-dealkylation sites (N-methyl/N-ethyl adjacent to an activating group) is 1. The summed E-state index contributed by atoms with van der Waals surface area (Å²) in [7, 11) is 1.75. The van der Waals surface area contributed by atoms with E-state index < -0.39 is 6.04 Å². The summed E-state index contributed by atoms with van der Waals surface area (Å²) < 4.78 is 0. The van der Waals surface area contributed by atoms with Gasteiger partial charge in [0.2, 0.25) is 11.8 Å². The van der Waals surface area contributed by atoms with Crippen molar-refractivity contribution in [3.05, 3.63) is 35.9 Å². The number of amides is 2. The van der Waals surface area contributed by atoms with Crippen LogP contribution in [0.2, 0.25) is 0 Å². The van der Waals surface area contributed by atoms with Crippen molar-refractivity contribution >= 4 is 11.8 Å². The summed E-state index contributed by atoms with van der Waals surface area (Å²) >= 11 is 0. The van der Waals surface area contributed by atoms with Crippen LogP contribution in [0.4, 0.5) is 0 Å². The number of piperidine rings is 1. The number of likely N-dealkylation sites (tertiary alicyclic amines) is 1. The smallest absolute Gasteiger partial charge is 0.237 e. The van der Waals surface area contributed by atoms with E-state index in [4.69, 9.17) is 5.73 Å². The molecule has 1 heterocycles. The van der Waals surface area contributed by atoms with Crippen LogP contribution in [0.3, 0.4) is 0 Å². The van der Waals surface area contributed by atoms with Crippen molar-refractivity contribution in [2.24, 2.45) is 5.73 Å². The van der Waals surface area contributed by atoms with Crippen LogP contribution in [-0.4, -0.2) is 42.4 Å².